The smallest absolute Gasteiger partial charge is 0.281 e. The minimum absolute atomic E-state index is 0.0369. The number of halogens is 1. The van der Waals surface area contributed by atoms with Crippen molar-refractivity contribution in [2.24, 2.45) is 17.3 Å². The molecule has 1 N–H and O–H groups in total. The Bertz CT molecular complexity index is 817. The Kier molecular flexibility index (Phi) is 3.80. The van der Waals surface area contributed by atoms with Crippen molar-refractivity contribution in [3.05, 3.63) is 51.6 Å². The average molecular weight is 286 g/mol. The molecule has 6 nitrogen and oxygen atoms in total. The van der Waals surface area contributed by atoms with E-state index in [2.05, 4.69) is 10.2 Å². The van der Waals surface area contributed by atoms with Gasteiger partial charge in [-0.25, -0.2) is 4.39 Å². The fraction of sp³-hybridized carbons (Fsp3) is 0.143. The van der Waals surface area contributed by atoms with Crippen LogP contribution in [-0.4, -0.2) is 9.67 Å². The summed E-state index contributed by atoms with van der Waals surface area (Å²) in [6.45, 7) is 1.50. The monoisotopic (exact) mass is 286 g/mol. The van der Waals surface area contributed by atoms with Crippen molar-refractivity contribution in [3.63, 3.8) is 0 Å². The normalized spacial score (nSPS) is 10.8. The first-order chi connectivity index (χ1) is 9.95. The van der Waals surface area contributed by atoms with Crippen molar-refractivity contribution < 1.29 is 9.50 Å². The Morgan fingerprint density at radius 3 is 2.48 bits per heavy atom. The fourth-order valence-corrected chi connectivity index (χ4v) is 1.74. The Balaban J connectivity index is 2.55. The van der Waals surface area contributed by atoms with Gasteiger partial charge in [0.1, 0.15) is 17.4 Å². The number of hydrogen-bond donors (Lipinski definition) is 1. The molecule has 0 aliphatic rings. The van der Waals surface area contributed by atoms with Crippen molar-refractivity contribution in [3.8, 4) is 11.9 Å². The van der Waals surface area contributed by atoms with Crippen LogP contribution in [0.1, 0.15) is 11.1 Å². The van der Waals surface area contributed by atoms with E-state index in [0.717, 1.165) is 4.57 Å². The van der Waals surface area contributed by atoms with Crippen molar-refractivity contribution in [2.45, 2.75) is 6.92 Å². The van der Waals surface area contributed by atoms with E-state index in [1.54, 1.807) is 0 Å². The number of aromatic hydroxyl groups is 1. The summed E-state index contributed by atoms with van der Waals surface area (Å²) in [6, 6.07) is 7.07. The summed E-state index contributed by atoms with van der Waals surface area (Å²) in [5, 5.41) is 26.4. The fourth-order valence-electron chi connectivity index (χ4n) is 1.74. The van der Waals surface area contributed by atoms with Crippen LogP contribution in [-0.2, 0) is 7.05 Å². The van der Waals surface area contributed by atoms with Gasteiger partial charge in [-0.3, -0.25) is 9.36 Å². The largest absolute Gasteiger partial charge is 0.493 e. The Hall–Kier alpha value is -3.01. The van der Waals surface area contributed by atoms with Gasteiger partial charge in [-0.2, -0.15) is 10.4 Å². The van der Waals surface area contributed by atoms with Crippen LogP contribution in [0.2, 0.25) is 0 Å². The summed E-state index contributed by atoms with van der Waals surface area (Å²) in [5.41, 5.74) is -0.0513. The molecule has 0 fully saturated rings. The van der Waals surface area contributed by atoms with E-state index in [4.69, 9.17) is 5.26 Å². The van der Waals surface area contributed by atoms with Crippen LogP contribution >= 0.6 is 0 Å². The lowest BCUT2D eigenvalue weighted by Gasteiger charge is -2.08. The summed E-state index contributed by atoms with van der Waals surface area (Å²) in [6.07, 6.45) is 0. The Labute approximate surface area is 119 Å². The van der Waals surface area contributed by atoms with Gasteiger partial charge in [0, 0.05) is 12.6 Å². The van der Waals surface area contributed by atoms with Crippen LogP contribution in [0.3, 0.4) is 0 Å². The molecule has 106 valence electrons. The van der Waals surface area contributed by atoms with Crippen LogP contribution in [0, 0.1) is 24.1 Å². The van der Waals surface area contributed by atoms with Crippen LogP contribution in [0.25, 0.3) is 0 Å². The second-order valence-electron chi connectivity index (χ2n) is 4.32. The minimum Gasteiger partial charge on any atom is -0.493 e. The molecular formula is C14H11FN4O2. The maximum Gasteiger partial charge on any atom is 0.281 e. The van der Waals surface area contributed by atoms with E-state index in [1.165, 1.54) is 38.2 Å². The molecule has 0 amide bonds. The van der Waals surface area contributed by atoms with Gasteiger partial charge in [0.15, 0.2) is 5.69 Å². The van der Waals surface area contributed by atoms with E-state index in [9.17, 15) is 14.3 Å². The molecule has 1 heterocycles. The summed E-state index contributed by atoms with van der Waals surface area (Å²) < 4.78 is 13.7. The number of pyridine rings is 1. The number of benzene rings is 1. The zero-order chi connectivity index (χ0) is 15.6. The van der Waals surface area contributed by atoms with Gasteiger partial charge in [0.2, 0.25) is 5.88 Å². The number of aromatic nitrogens is 1. The molecule has 1 aromatic heterocycles. The lowest BCUT2D eigenvalue weighted by atomic mass is 10.1. The number of rotatable bonds is 2. The predicted molar refractivity (Wildman–Crippen MR) is 73.4 cm³/mol. The van der Waals surface area contributed by atoms with Crippen LogP contribution in [0.5, 0.6) is 5.88 Å². The summed E-state index contributed by atoms with van der Waals surface area (Å²) in [7, 11) is 1.33. The van der Waals surface area contributed by atoms with Crippen molar-refractivity contribution in [1.82, 2.24) is 4.57 Å². The summed E-state index contributed by atoms with van der Waals surface area (Å²) >= 11 is 0. The van der Waals surface area contributed by atoms with Gasteiger partial charge in [-0.1, -0.05) is 0 Å². The molecule has 0 aliphatic carbocycles. The topological polar surface area (TPSA) is 90.7 Å². The SMILES string of the molecule is Cc1c(C#N)c(O)n(C)c(=O)c1N=Nc1ccc(F)cc1. The third-order valence-corrected chi connectivity index (χ3v) is 2.98. The molecule has 1 aromatic carbocycles. The van der Waals surface area contributed by atoms with Crippen LogP contribution in [0.15, 0.2) is 39.3 Å². The first-order valence-corrected chi connectivity index (χ1v) is 5.95. The Morgan fingerprint density at radius 1 is 1.29 bits per heavy atom. The zero-order valence-electron chi connectivity index (χ0n) is 11.3. The standard InChI is InChI=1S/C14H11FN4O2/c1-8-11(7-16)13(20)19(2)14(21)12(8)18-17-10-5-3-9(15)4-6-10/h3-6,20H,1-2H3. The highest BCUT2D eigenvalue weighted by molar-refractivity contribution is 5.56. The molecule has 0 atom stereocenters. The van der Waals surface area contributed by atoms with Crippen molar-refractivity contribution >= 4 is 11.4 Å². The zero-order valence-corrected chi connectivity index (χ0v) is 11.3. The quantitative estimate of drug-likeness (QED) is 0.860. The van der Waals surface area contributed by atoms with E-state index in [1.807, 2.05) is 6.07 Å². The molecule has 0 aliphatic heterocycles. The van der Waals surface area contributed by atoms with Gasteiger partial charge >= 0.3 is 0 Å². The molecule has 2 aromatic rings. The van der Waals surface area contributed by atoms with Crippen LogP contribution < -0.4 is 5.56 Å². The molecule has 0 saturated heterocycles. The summed E-state index contributed by atoms with van der Waals surface area (Å²) in [4.78, 5) is 12.0. The lowest BCUT2D eigenvalue weighted by molar-refractivity contribution is 0.421. The number of hydrogen-bond acceptors (Lipinski definition) is 5. The van der Waals surface area contributed by atoms with E-state index >= 15 is 0 Å². The van der Waals surface area contributed by atoms with Gasteiger partial charge in [-0.05, 0) is 31.2 Å². The first kappa shape index (κ1) is 14.4. The maximum absolute atomic E-state index is 12.8. The molecule has 2 rings (SSSR count). The first-order valence-electron chi connectivity index (χ1n) is 5.95. The second kappa shape index (κ2) is 5.54. The van der Waals surface area contributed by atoms with Gasteiger partial charge in [0.25, 0.3) is 5.56 Å². The second-order valence-corrected chi connectivity index (χ2v) is 4.32. The number of azo groups is 1. The lowest BCUT2D eigenvalue weighted by Crippen LogP contribution is -2.18. The van der Waals surface area contributed by atoms with Gasteiger partial charge in [-0.15, -0.1) is 5.11 Å². The third kappa shape index (κ3) is 2.65. The highest BCUT2D eigenvalue weighted by Gasteiger charge is 2.16. The molecule has 0 unspecified atom stereocenters. The Morgan fingerprint density at radius 2 is 1.90 bits per heavy atom. The van der Waals surface area contributed by atoms with Crippen LogP contribution in [0.4, 0.5) is 15.8 Å². The van der Waals surface area contributed by atoms with Gasteiger partial charge in [0.05, 0.1) is 5.69 Å². The summed E-state index contributed by atoms with van der Waals surface area (Å²) in [5.74, 6) is -0.821. The molecule has 21 heavy (non-hydrogen) atoms. The minimum atomic E-state index is -0.574. The third-order valence-electron chi connectivity index (χ3n) is 2.98. The molecule has 0 radical (unpaired) electrons. The molecular weight excluding hydrogens is 275 g/mol. The molecule has 0 saturated carbocycles. The highest BCUT2D eigenvalue weighted by atomic mass is 19.1. The van der Waals surface area contributed by atoms with E-state index < -0.39 is 17.3 Å². The predicted octanol–water partition coefficient (Wildman–Crippen LogP) is 2.83. The van der Waals surface area contributed by atoms with E-state index in [-0.39, 0.29) is 16.8 Å². The average Bonchev–Trinajstić information content (AvgIpc) is 2.47. The highest BCUT2D eigenvalue weighted by Crippen LogP contribution is 2.26. The van der Waals surface area contributed by atoms with Crippen molar-refractivity contribution in [2.75, 3.05) is 0 Å². The van der Waals surface area contributed by atoms with Crippen molar-refractivity contribution in [1.29, 1.82) is 5.26 Å². The molecule has 0 spiro atoms. The maximum atomic E-state index is 12.8. The van der Waals surface area contributed by atoms with Gasteiger partial charge < -0.3 is 5.11 Å². The molecule has 0 bridgehead atoms. The number of nitriles is 1. The van der Waals surface area contributed by atoms with E-state index in [0.29, 0.717) is 5.69 Å². The number of nitrogens with zero attached hydrogens (tertiary/aromatic N) is 4. The molecule has 7 heteroatoms.